The highest BCUT2D eigenvalue weighted by Crippen LogP contribution is 2.17. The summed E-state index contributed by atoms with van der Waals surface area (Å²) in [5, 5.41) is 10.1. The summed E-state index contributed by atoms with van der Waals surface area (Å²) in [6.45, 7) is 0.128. The Bertz CT molecular complexity index is 207. The van der Waals surface area contributed by atoms with Gasteiger partial charge in [-0.05, 0) is 0 Å². The van der Waals surface area contributed by atoms with E-state index in [0.29, 0.717) is 0 Å². The van der Waals surface area contributed by atoms with E-state index < -0.39 is 17.7 Å². The minimum Gasteiger partial charge on any atom is -0.467 e. The van der Waals surface area contributed by atoms with Gasteiger partial charge in [0.05, 0.1) is 26.4 Å². The Morgan fingerprint density at radius 3 is 2.25 bits per heavy atom. The van der Waals surface area contributed by atoms with Crippen LogP contribution in [-0.2, 0) is 23.7 Å². The van der Waals surface area contributed by atoms with Gasteiger partial charge in [-0.2, -0.15) is 0 Å². The van der Waals surface area contributed by atoms with Gasteiger partial charge in [0.25, 0.3) is 0 Å². The lowest BCUT2D eigenvalue weighted by Gasteiger charge is -2.27. The molecule has 0 unspecified atom stereocenters. The molecule has 0 aliphatic carbocycles. The molecule has 2 atom stereocenters. The van der Waals surface area contributed by atoms with Crippen LogP contribution in [0.5, 0.6) is 0 Å². The molecule has 6 heteroatoms. The van der Waals surface area contributed by atoms with Crippen molar-refractivity contribution in [1.82, 2.24) is 0 Å². The zero-order valence-electron chi connectivity index (χ0n) is 10.2. The average Bonchev–Trinajstić information content (AvgIpc) is 2.27. The molecule has 0 radical (unpaired) electrons. The highest BCUT2D eigenvalue weighted by molar-refractivity contribution is 5.79. The summed E-state index contributed by atoms with van der Waals surface area (Å²) < 4.78 is 19.3. The molecule has 0 heterocycles. The molecule has 0 aromatic carbocycles. The molecule has 6 nitrogen and oxygen atoms in total. The molecule has 0 saturated carbocycles. The van der Waals surface area contributed by atoms with Gasteiger partial charge in [-0.1, -0.05) is 0 Å². The van der Waals surface area contributed by atoms with Crippen LogP contribution in [0.1, 0.15) is 6.42 Å². The first kappa shape index (κ1) is 15.3. The van der Waals surface area contributed by atoms with Gasteiger partial charge < -0.3 is 24.1 Å². The van der Waals surface area contributed by atoms with Gasteiger partial charge in [-0.25, -0.2) is 4.79 Å². The van der Waals surface area contributed by atoms with E-state index in [0.717, 1.165) is 0 Å². The van der Waals surface area contributed by atoms with Gasteiger partial charge in [-0.15, -0.1) is 0 Å². The summed E-state index contributed by atoms with van der Waals surface area (Å²) >= 11 is 0. The monoisotopic (exact) mass is 236 g/mol. The Kier molecular flexibility index (Phi) is 7.24. The Morgan fingerprint density at radius 1 is 1.25 bits per heavy atom. The zero-order chi connectivity index (χ0) is 12.6. The van der Waals surface area contributed by atoms with Crippen molar-refractivity contribution < 1.29 is 28.8 Å². The van der Waals surface area contributed by atoms with Crippen LogP contribution in [0.4, 0.5) is 0 Å². The van der Waals surface area contributed by atoms with Gasteiger partial charge in [-0.3, -0.25) is 0 Å². The number of aliphatic hydroxyl groups is 1. The van der Waals surface area contributed by atoms with Crippen LogP contribution >= 0.6 is 0 Å². The second-order valence-electron chi connectivity index (χ2n) is 3.47. The molecular weight excluding hydrogens is 216 g/mol. The fourth-order valence-electron chi connectivity index (χ4n) is 1.40. The third kappa shape index (κ3) is 4.44. The molecule has 0 aromatic heterocycles. The van der Waals surface area contributed by atoms with Crippen molar-refractivity contribution >= 4 is 5.97 Å². The van der Waals surface area contributed by atoms with Gasteiger partial charge >= 0.3 is 5.97 Å². The number of esters is 1. The molecule has 0 bridgehead atoms. The van der Waals surface area contributed by atoms with Crippen LogP contribution in [0.25, 0.3) is 0 Å². The maximum Gasteiger partial charge on any atom is 0.340 e. The zero-order valence-corrected chi connectivity index (χ0v) is 10.2. The third-order valence-electron chi connectivity index (χ3n) is 2.20. The molecule has 16 heavy (non-hydrogen) atoms. The summed E-state index contributed by atoms with van der Waals surface area (Å²) in [5.74, 6) is -0.743. The minimum atomic E-state index is -1.71. The Balaban J connectivity index is 4.57. The fraction of sp³-hybridized carbons (Fsp3) is 0.900. The van der Waals surface area contributed by atoms with Crippen LogP contribution in [0.2, 0.25) is 0 Å². The van der Waals surface area contributed by atoms with Gasteiger partial charge in [0, 0.05) is 27.8 Å². The first-order chi connectivity index (χ1) is 7.53. The van der Waals surface area contributed by atoms with Crippen molar-refractivity contribution in [3.8, 4) is 0 Å². The molecule has 0 amide bonds. The predicted molar refractivity (Wildman–Crippen MR) is 56.1 cm³/mol. The Hall–Kier alpha value is -0.690. The first-order valence-corrected chi connectivity index (χ1v) is 4.85. The maximum absolute atomic E-state index is 11.4. The summed E-state index contributed by atoms with van der Waals surface area (Å²) in [6, 6.07) is 0. The summed E-state index contributed by atoms with van der Waals surface area (Å²) in [6.07, 6.45) is -0.345. The third-order valence-corrected chi connectivity index (χ3v) is 2.20. The number of rotatable bonds is 8. The van der Waals surface area contributed by atoms with Crippen LogP contribution in [0.3, 0.4) is 0 Å². The predicted octanol–water partition coefficient (Wildman–Crippen LogP) is -0.412. The first-order valence-electron chi connectivity index (χ1n) is 4.85. The number of methoxy groups -OCH3 is 4. The quantitative estimate of drug-likeness (QED) is 0.577. The molecule has 0 aliphatic rings. The van der Waals surface area contributed by atoms with Crippen LogP contribution < -0.4 is 0 Å². The second-order valence-corrected chi connectivity index (χ2v) is 3.47. The lowest BCUT2D eigenvalue weighted by molar-refractivity contribution is -0.173. The lowest BCUT2D eigenvalue weighted by Crippen LogP contribution is -2.47. The highest BCUT2D eigenvalue weighted by Gasteiger charge is 2.39. The molecule has 0 rings (SSSR count). The Morgan fingerprint density at radius 2 is 1.88 bits per heavy atom. The summed E-state index contributed by atoms with van der Waals surface area (Å²) in [7, 11) is 5.60. The second kappa shape index (κ2) is 7.56. The normalized spacial score (nSPS) is 16.6. The standard InChI is InChI=1S/C10H20O6/c1-13-6-8(15-3)5-10(12,7-14-2)9(11)16-4/h8,12H,5-7H2,1-4H3/t8-,10-/m0/s1. The lowest BCUT2D eigenvalue weighted by atomic mass is 9.97. The SMILES string of the molecule is COC[C@H](C[C@](O)(COC)C(=O)OC)OC. The fourth-order valence-corrected chi connectivity index (χ4v) is 1.40. The number of hydrogen-bond acceptors (Lipinski definition) is 6. The molecular formula is C10H20O6. The largest absolute Gasteiger partial charge is 0.467 e. The molecule has 1 N–H and O–H groups in total. The van der Waals surface area contributed by atoms with Crippen LogP contribution in [0.15, 0.2) is 0 Å². The Labute approximate surface area is 95.4 Å². The summed E-state index contributed by atoms with van der Waals surface area (Å²) in [5.41, 5.74) is -1.71. The van der Waals surface area contributed by atoms with Crippen LogP contribution in [-0.4, -0.2) is 64.4 Å². The van der Waals surface area contributed by atoms with E-state index in [1.807, 2.05) is 0 Å². The molecule has 0 aromatic rings. The van der Waals surface area contributed by atoms with Crippen molar-refractivity contribution in [3.63, 3.8) is 0 Å². The van der Waals surface area contributed by atoms with Crippen LogP contribution in [0, 0.1) is 0 Å². The molecule has 0 saturated heterocycles. The van der Waals surface area contributed by atoms with Crippen molar-refractivity contribution in [2.75, 3.05) is 41.7 Å². The topological polar surface area (TPSA) is 74.2 Å². The van der Waals surface area contributed by atoms with Gasteiger partial charge in [0.15, 0.2) is 5.60 Å². The van der Waals surface area contributed by atoms with E-state index in [9.17, 15) is 9.90 Å². The minimum absolute atomic E-state index is 0.0534. The number of ether oxygens (including phenoxy) is 4. The van der Waals surface area contributed by atoms with E-state index in [1.54, 1.807) is 0 Å². The van der Waals surface area contributed by atoms with Crippen molar-refractivity contribution in [2.24, 2.45) is 0 Å². The number of carbonyl (C=O) groups is 1. The smallest absolute Gasteiger partial charge is 0.340 e. The van der Waals surface area contributed by atoms with Crippen molar-refractivity contribution in [3.05, 3.63) is 0 Å². The van der Waals surface area contributed by atoms with E-state index in [4.69, 9.17) is 14.2 Å². The van der Waals surface area contributed by atoms with Crippen molar-refractivity contribution in [2.45, 2.75) is 18.1 Å². The van der Waals surface area contributed by atoms with E-state index >= 15 is 0 Å². The average molecular weight is 236 g/mol. The van der Waals surface area contributed by atoms with Gasteiger partial charge in [0.2, 0.25) is 0 Å². The van der Waals surface area contributed by atoms with Gasteiger partial charge in [0.1, 0.15) is 0 Å². The van der Waals surface area contributed by atoms with Crippen molar-refractivity contribution in [1.29, 1.82) is 0 Å². The maximum atomic E-state index is 11.4. The number of hydrogen-bond donors (Lipinski definition) is 1. The molecule has 0 aliphatic heterocycles. The summed E-state index contributed by atoms with van der Waals surface area (Å²) in [4.78, 5) is 11.4. The highest BCUT2D eigenvalue weighted by atomic mass is 16.6. The molecule has 96 valence electrons. The van der Waals surface area contributed by atoms with E-state index in [2.05, 4.69) is 4.74 Å². The molecule has 0 fully saturated rings. The number of carbonyl (C=O) groups excluding carboxylic acids is 1. The van der Waals surface area contributed by atoms with E-state index in [-0.39, 0.29) is 19.6 Å². The van der Waals surface area contributed by atoms with E-state index in [1.165, 1.54) is 28.4 Å². The molecule has 0 spiro atoms.